The van der Waals surface area contributed by atoms with Crippen LogP contribution in [0.25, 0.3) is 0 Å². The van der Waals surface area contributed by atoms with Gasteiger partial charge in [0, 0.05) is 5.92 Å². The number of fused-ring (bicyclic) bond motifs is 1. The number of ether oxygens (including phenoxy) is 2. The molecule has 1 aliphatic carbocycles. The van der Waals surface area contributed by atoms with Crippen molar-refractivity contribution >= 4 is 0 Å². The van der Waals surface area contributed by atoms with Crippen LogP contribution in [0, 0.1) is 5.92 Å². The maximum Gasteiger partial charge on any atom is 0.209 e. The predicted molar refractivity (Wildman–Crippen MR) is 116 cm³/mol. The van der Waals surface area contributed by atoms with Crippen LogP contribution in [0.2, 0.25) is 0 Å². The Hall–Kier alpha value is -1.46. The highest BCUT2D eigenvalue weighted by atomic mass is 16.7. The van der Waals surface area contributed by atoms with Crippen LogP contribution in [0.1, 0.15) is 60.3 Å². The van der Waals surface area contributed by atoms with E-state index in [1.807, 2.05) is 25.2 Å². The highest BCUT2D eigenvalue weighted by Gasteiger charge is 2.45. The van der Waals surface area contributed by atoms with Gasteiger partial charge in [-0.3, -0.25) is 0 Å². The zero-order valence-electron chi connectivity index (χ0n) is 18.4. The van der Waals surface area contributed by atoms with E-state index in [1.165, 1.54) is 16.7 Å². The van der Waals surface area contributed by atoms with Gasteiger partial charge in [-0.25, -0.2) is 0 Å². The normalized spacial score (nSPS) is 34.9. The molecule has 0 amide bonds. The number of rotatable bonds is 5. The molecule has 0 unspecified atom stereocenters. The first-order valence-corrected chi connectivity index (χ1v) is 10.7. The quantitative estimate of drug-likeness (QED) is 0.654. The summed E-state index contributed by atoms with van der Waals surface area (Å²) in [5.74, 6) is -0.967. The number of aliphatic hydroxyl groups is 2. The minimum Gasteiger partial charge on any atom is -0.392 e. The second kappa shape index (κ2) is 9.13. The average molecular weight is 401 g/mol. The van der Waals surface area contributed by atoms with Gasteiger partial charge in [0.2, 0.25) is 5.79 Å². The Kier molecular flexibility index (Phi) is 7.00. The van der Waals surface area contributed by atoms with Crippen molar-refractivity contribution in [3.63, 3.8) is 0 Å². The standard InChI is InChI=1S/C25H36O4/c1-16(2)7-6-8-17(3)9-21-10-18(4)13-25(28-21)14-20(15-26)22-12-23(27)19(5)11-24(22)29-25/h7,9,11,13-14,21-24,26-27H,6,8,10,12,15H2,1-5H3/b17-9+/t21-,22-,23-,24-,25+/m1/s1. The number of hydrogen-bond donors (Lipinski definition) is 2. The Morgan fingerprint density at radius 1 is 1.21 bits per heavy atom. The summed E-state index contributed by atoms with van der Waals surface area (Å²) in [6, 6.07) is 0. The molecule has 2 heterocycles. The van der Waals surface area contributed by atoms with Crippen LogP contribution in [-0.4, -0.2) is 40.9 Å². The minimum atomic E-state index is -0.956. The van der Waals surface area contributed by atoms with Crippen LogP contribution < -0.4 is 0 Å². The lowest BCUT2D eigenvalue weighted by atomic mass is 9.78. The molecule has 2 N–H and O–H groups in total. The van der Waals surface area contributed by atoms with E-state index in [-0.39, 0.29) is 24.7 Å². The van der Waals surface area contributed by atoms with Crippen LogP contribution in [0.4, 0.5) is 0 Å². The van der Waals surface area contributed by atoms with E-state index in [0.717, 1.165) is 30.4 Å². The molecule has 0 saturated carbocycles. The zero-order valence-corrected chi connectivity index (χ0v) is 18.4. The third kappa shape index (κ3) is 5.37. The molecule has 2 aliphatic heterocycles. The van der Waals surface area contributed by atoms with Gasteiger partial charge < -0.3 is 19.7 Å². The summed E-state index contributed by atoms with van der Waals surface area (Å²) in [4.78, 5) is 0. The molecule has 29 heavy (non-hydrogen) atoms. The molecule has 160 valence electrons. The Morgan fingerprint density at radius 2 is 1.97 bits per heavy atom. The Balaban J connectivity index is 1.82. The summed E-state index contributed by atoms with van der Waals surface area (Å²) in [6.07, 6.45) is 13.2. The maximum atomic E-state index is 10.2. The van der Waals surface area contributed by atoms with Crippen molar-refractivity contribution < 1.29 is 19.7 Å². The number of allylic oxidation sites excluding steroid dienone is 3. The highest BCUT2D eigenvalue weighted by Crippen LogP contribution is 2.43. The van der Waals surface area contributed by atoms with Crippen molar-refractivity contribution in [2.75, 3.05) is 6.61 Å². The Bertz CT molecular complexity index is 766. The van der Waals surface area contributed by atoms with Crippen molar-refractivity contribution in [3.05, 3.63) is 58.2 Å². The highest BCUT2D eigenvalue weighted by molar-refractivity contribution is 5.32. The Morgan fingerprint density at radius 3 is 2.66 bits per heavy atom. The van der Waals surface area contributed by atoms with Crippen molar-refractivity contribution in [2.24, 2.45) is 5.92 Å². The molecule has 5 atom stereocenters. The van der Waals surface area contributed by atoms with Gasteiger partial charge in [0.1, 0.15) is 0 Å². The predicted octanol–water partition coefficient (Wildman–Crippen LogP) is 4.76. The molecule has 1 spiro atoms. The molecule has 3 aliphatic rings. The first-order valence-electron chi connectivity index (χ1n) is 10.7. The van der Waals surface area contributed by atoms with Crippen molar-refractivity contribution in [2.45, 2.75) is 84.4 Å². The number of hydrogen-bond acceptors (Lipinski definition) is 4. The molecular formula is C25H36O4. The molecule has 0 radical (unpaired) electrons. The summed E-state index contributed by atoms with van der Waals surface area (Å²) in [7, 11) is 0. The average Bonchev–Trinajstić information content (AvgIpc) is 2.61. The van der Waals surface area contributed by atoms with E-state index in [1.54, 1.807) is 0 Å². The fraction of sp³-hybridized carbons (Fsp3) is 0.600. The fourth-order valence-electron chi connectivity index (χ4n) is 4.55. The largest absolute Gasteiger partial charge is 0.392 e. The van der Waals surface area contributed by atoms with E-state index in [2.05, 4.69) is 39.8 Å². The fourth-order valence-corrected chi connectivity index (χ4v) is 4.55. The summed E-state index contributed by atoms with van der Waals surface area (Å²) < 4.78 is 12.9. The third-order valence-corrected chi connectivity index (χ3v) is 6.06. The van der Waals surface area contributed by atoms with Gasteiger partial charge in [-0.2, -0.15) is 0 Å². The van der Waals surface area contributed by atoms with E-state index < -0.39 is 11.9 Å². The molecule has 4 nitrogen and oxygen atoms in total. The van der Waals surface area contributed by atoms with Gasteiger partial charge in [0.25, 0.3) is 0 Å². The molecule has 0 bridgehead atoms. The second-order valence-electron chi connectivity index (χ2n) is 9.13. The first kappa shape index (κ1) is 22.2. The van der Waals surface area contributed by atoms with Crippen molar-refractivity contribution in [1.29, 1.82) is 0 Å². The van der Waals surface area contributed by atoms with Crippen LogP contribution in [-0.2, 0) is 9.47 Å². The first-order chi connectivity index (χ1) is 13.7. The molecule has 3 rings (SSSR count). The van der Waals surface area contributed by atoms with Crippen LogP contribution >= 0.6 is 0 Å². The van der Waals surface area contributed by atoms with Crippen molar-refractivity contribution in [1.82, 2.24) is 0 Å². The van der Waals surface area contributed by atoms with E-state index >= 15 is 0 Å². The monoisotopic (exact) mass is 400 g/mol. The minimum absolute atomic E-state index is 0.0108. The molecule has 0 aromatic rings. The molecule has 4 heteroatoms. The molecular weight excluding hydrogens is 364 g/mol. The SMILES string of the molecule is CC(C)=CCC/C(C)=C/[C@@H]1CC(C)=C[C@]2(C=C(CO)[C@H]3C[C@@H](O)C(C)=C[C@H]3O2)O1. The van der Waals surface area contributed by atoms with Crippen LogP contribution in [0.3, 0.4) is 0 Å². The topological polar surface area (TPSA) is 58.9 Å². The molecule has 0 aromatic carbocycles. The number of aliphatic hydroxyl groups excluding tert-OH is 2. The van der Waals surface area contributed by atoms with E-state index in [0.29, 0.717) is 6.42 Å². The van der Waals surface area contributed by atoms with Crippen LogP contribution in [0.15, 0.2) is 58.2 Å². The maximum absolute atomic E-state index is 10.2. The van der Waals surface area contributed by atoms with Crippen molar-refractivity contribution in [3.8, 4) is 0 Å². The smallest absolute Gasteiger partial charge is 0.209 e. The summed E-state index contributed by atoms with van der Waals surface area (Å²) in [5.41, 5.74) is 5.69. The lowest BCUT2D eigenvalue weighted by Crippen LogP contribution is -2.49. The van der Waals surface area contributed by atoms with Gasteiger partial charge in [-0.05, 0) is 83.6 Å². The van der Waals surface area contributed by atoms with Gasteiger partial charge in [0.05, 0.1) is 24.9 Å². The van der Waals surface area contributed by atoms with Gasteiger partial charge in [-0.15, -0.1) is 0 Å². The molecule has 0 aromatic heterocycles. The third-order valence-electron chi connectivity index (χ3n) is 6.06. The van der Waals surface area contributed by atoms with Crippen LogP contribution in [0.5, 0.6) is 0 Å². The summed E-state index contributed by atoms with van der Waals surface area (Å²) in [6.45, 7) is 10.4. The van der Waals surface area contributed by atoms with Gasteiger partial charge >= 0.3 is 0 Å². The van der Waals surface area contributed by atoms with Gasteiger partial charge in [0.15, 0.2) is 0 Å². The summed E-state index contributed by atoms with van der Waals surface area (Å²) in [5, 5.41) is 20.2. The molecule has 0 fully saturated rings. The van der Waals surface area contributed by atoms with E-state index in [9.17, 15) is 10.2 Å². The lowest BCUT2D eigenvalue weighted by molar-refractivity contribution is -0.226. The second-order valence-corrected chi connectivity index (χ2v) is 9.13. The molecule has 0 saturated heterocycles. The summed E-state index contributed by atoms with van der Waals surface area (Å²) >= 11 is 0. The van der Waals surface area contributed by atoms with Gasteiger partial charge in [-0.1, -0.05) is 34.9 Å². The Labute approximate surface area is 175 Å². The lowest BCUT2D eigenvalue weighted by Gasteiger charge is -2.46. The zero-order chi connectivity index (χ0) is 21.2. The van der Waals surface area contributed by atoms with E-state index in [4.69, 9.17) is 9.47 Å².